The molecule has 0 saturated heterocycles. The summed E-state index contributed by atoms with van der Waals surface area (Å²) in [6.45, 7) is 7.34. The fourth-order valence-electron chi connectivity index (χ4n) is 2.68. The van der Waals surface area contributed by atoms with Crippen molar-refractivity contribution in [2.75, 3.05) is 13.6 Å². The minimum absolute atomic E-state index is 0.0998. The molecule has 0 fully saturated rings. The van der Waals surface area contributed by atoms with E-state index in [4.69, 9.17) is 5.73 Å². The van der Waals surface area contributed by atoms with E-state index in [0.29, 0.717) is 13.0 Å². The number of hydrogen-bond donors (Lipinski definition) is 2. The van der Waals surface area contributed by atoms with Crippen molar-refractivity contribution in [3.8, 4) is 0 Å². The fourth-order valence-corrected chi connectivity index (χ4v) is 2.68. The number of rotatable bonds is 10. The van der Waals surface area contributed by atoms with Crippen LogP contribution in [-0.4, -0.2) is 41.3 Å². The second-order valence-electron chi connectivity index (χ2n) is 7.07. The molecule has 2 atom stereocenters. The average molecular weight is 306 g/mol. The van der Waals surface area contributed by atoms with Crippen molar-refractivity contribution in [3.63, 3.8) is 0 Å². The Balaban J connectivity index is 2.46. The molecular weight excluding hydrogens is 272 g/mol. The Bertz CT molecular complexity index is 405. The maximum absolute atomic E-state index is 10.4. The zero-order valence-corrected chi connectivity index (χ0v) is 14.8. The van der Waals surface area contributed by atoms with Gasteiger partial charge in [0.25, 0.3) is 0 Å². The van der Waals surface area contributed by atoms with E-state index in [0.717, 1.165) is 6.42 Å². The molecule has 1 aromatic carbocycles. The van der Waals surface area contributed by atoms with Gasteiger partial charge in [-0.3, -0.25) is 4.90 Å². The SMILES string of the molecule is CCCCCC(C)(C)N(C)C[C@@H](O)[C@@H](N)Cc1ccccc1. The Labute approximate surface area is 136 Å². The fraction of sp³-hybridized carbons (Fsp3) is 0.684. The van der Waals surface area contributed by atoms with Gasteiger partial charge < -0.3 is 10.8 Å². The van der Waals surface area contributed by atoms with Crippen LogP contribution in [0.25, 0.3) is 0 Å². The molecule has 3 nitrogen and oxygen atoms in total. The molecule has 0 amide bonds. The molecule has 0 unspecified atom stereocenters. The lowest BCUT2D eigenvalue weighted by molar-refractivity contribution is 0.0517. The Morgan fingerprint density at radius 3 is 2.41 bits per heavy atom. The van der Waals surface area contributed by atoms with Crippen molar-refractivity contribution in [1.82, 2.24) is 4.90 Å². The van der Waals surface area contributed by atoms with Crippen molar-refractivity contribution in [2.45, 2.75) is 70.6 Å². The Morgan fingerprint density at radius 2 is 1.82 bits per heavy atom. The van der Waals surface area contributed by atoms with Crippen LogP contribution in [0.1, 0.15) is 52.0 Å². The molecule has 0 aromatic heterocycles. The second-order valence-corrected chi connectivity index (χ2v) is 7.07. The summed E-state index contributed by atoms with van der Waals surface area (Å²) in [6.07, 6.45) is 5.11. The van der Waals surface area contributed by atoms with Gasteiger partial charge in [-0.1, -0.05) is 56.5 Å². The van der Waals surface area contributed by atoms with E-state index in [1.165, 1.54) is 24.8 Å². The molecule has 0 spiro atoms. The first-order chi connectivity index (χ1) is 10.4. The number of aliphatic hydroxyl groups is 1. The first-order valence-electron chi connectivity index (χ1n) is 8.55. The number of aliphatic hydroxyl groups excluding tert-OH is 1. The van der Waals surface area contributed by atoms with E-state index in [9.17, 15) is 5.11 Å². The molecule has 0 radical (unpaired) electrons. The molecule has 3 heteroatoms. The number of β-amino-alcohol motifs (C(OH)–C–C–N with tert-alkyl or cyclic N) is 1. The summed E-state index contributed by atoms with van der Waals surface area (Å²) in [5.41, 5.74) is 7.47. The van der Waals surface area contributed by atoms with Crippen LogP contribution in [0.15, 0.2) is 30.3 Å². The molecule has 0 bridgehead atoms. The summed E-state index contributed by atoms with van der Waals surface area (Å²) in [4.78, 5) is 2.25. The second kappa shape index (κ2) is 9.29. The predicted octanol–water partition coefficient (Wildman–Crippen LogP) is 3.21. The highest BCUT2D eigenvalue weighted by molar-refractivity contribution is 5.16. The highest BCUT2D eigenvalue weighted by atomic mass is 16.3. The maximum atomic E-state index is 10.4. The standard InChI is InChI=1S/C19H34N2O/c1-5-6-10-13-19(2,3)21(4)15-18(22)17(20)14-16-11-8-7-9-12-16/h7-9,11-12,17-18,22H,5-6,10,13-15,20H2,1-4H3/t17-,18+/m0/s1. The van der Waals surface area contributed by atoms with Gasteiger partial charge in [0, 0.05) is 18.1 Å². The van der Waals surface area contributed by atoms with E-state index in [2.05, 4.69) is 44.9 Å². The van der Waals surface area contributed by atoms with Crippen LogP contribution in [0, 0.1) is 0 Å². The van der Waals surface area contributed by atoms with Crippen molar-refractivity contribution in [2.24, 2.45) is 5.73 Å². The lowest BCUT2D eigenvalue weighted by atomic mass is 9.93. The van der Waals surface area contributed by atoms with Gasteiger partial charge >= 0.3 is 0 Å². The molecule has 0 heterocycles. The quantitative estimate of drug-likeness (QED) is 0.653. The van der Waals surface area contributed by atoms with Gasteiger partial charge in [-0.2, -0.15) is 0 Å². The monoisotopic (exact) mass is 306 g/mol. The van der Waals surface area contributed by atoms with Gasteiger partial charge in [-0.25, -0.2) is 0 Å². The van der Waals surface area contributed by atoms with E-state index < -0.39 is 6.10 Å². The Kier molecular flexibility index (Phi) is 8.08. The molecule has 0 aliphatic rings. The first-order valence-corrected chi connectivity index (χ1v) is 8.55. The summed E-state index contributed by atoms with van der Waals surface area (Å²) in [5, 5.41) is 10.4. The zero-order valence-electron chi connectivity index (χ0n) is 14.8. The average Bonchev–Trinajstić information content (AvgIpc) is 2.48. The van der Waals surface area contributed by atoms with Crippen LogP contribution in [0.2, 0.25) is 0 Å². The molecule has 1 rings (SSSR count). The van der Waals surface area contributed by atoms with Crippen LogP contribution in [0.4, 0.5) is 0 Å². The normalized spacial score (nSPS) is 15.0. The third-order valence-electron chi connectivity index (χ3n) is 4.69. The summed E-state index contributed by atoms with van der Waals surface area (Å²) in [5.74, 6) is 0. The minimum atomic E-state index is -0.504. The van der Waals surface area contributed by atoms with Crippen LogP contribution in [-0.2, 0) is 6.42 Å². The van der Waals surface area contributed by atoms with Crippen LogP contribution in [0.3, 0.4) is 0 Å². The zero-order chi connectivity index (χ0) is 16.6. The number of hydrogen-bond acceptors (Lipinski definition) is 3. The summed E-state index contributed by atoms with van der Waals surface area (Å²) < 4.78 is 0. The van der Waals surface area contributed by atoms with Crippen LogP contribution in [0.5, 0.6) is 0 Å². The van der Waals surface area contributed by atoms with E-state index >= 15 is 0 Å². The van der Waals surface area contributed by atoms with Crippen molar-refractivity contribution in [1.29, 1.82) is 0 Å². The van der Waals surface area contributed by atoms with Gasteiger partial charge in [0.2, 0.25) is 0 Å². The lowest BCUT2D eigenvalue weighted by Crippen LogP contribution is -2.50. The smallest absolute Gasteiger partial charge is 0.0821 e. The molecule has 0 aliphatic carbocycles. The number of nitrogens with two attached hydrogens (primary N) is 1. The van der Waals surface area contributed by atoms with Gasteiger partial charge in [-0.15, -0.1) is 0 Å². The third kappa shape index (κ3) is 6.47. The van der Waals surface area contributed by atoms with E-state index in [-0.39, 0.29) is 11.6 Å². The van der Waals surface area contributed by atoms with Gasteiger partial charge in [0.05, 0.1) is 6.10 Å². The number of unbranched alkanes of at least 4 members (excludes halogenated alkanes) is 2. The van der Waals surface area contributed by atoms with Gasteiger partial charge in [0.1, 0.15) is 0 Å². The van der Waals surface area contributed by atoms with Crippen LogP contribution < -0.4 is 5.73 Å². The largest absolute Gasteiger partial charge is 0.390 e. The minimum Gasteiger partial charge on any atom is -0.390 e. The topological polar surface area (TPSA) is 49.5 Å². The molecule has 1 aromatic rings. The highest BCUT2D eigenvalue weighted by Crippen LogP contribution is 2.21. The van der Waals surface area contributed by atoms with Crippen LogP contribution >= 0.6 is 0 Å². The molecule has 0 saturated carbocycles. The summed E-state index contributed by atoms with van der Waals surface area (Å²) in [7, 11) is 2.09. The number of nitrogens with zero attached hydrogens (tertiary/aromatic N) is 1. The molecular formula is C19H34N2O. The first kappa shape index (κ1) is 19.1. The Hall–Kier alpha value is -0.900. The molecule has 3 N–H and O–H groups in total. The highest BCUT2D eigenvalue weighted by Gasteiger charge is 2.26. The molecule has 126 valence electrons. The van der Waals surface area contributed by atoms with Crippen molar-refractivity contribution >= 4 is 0 Å². The van der Waals surface area contributed by atoms with Crippen molar-refractivity contribution in [3.05, 3.63) is 35.9 Å². The summed E-state index contributed by atoms with van der Waals surface area (Å²) in [6, 6.07) is 9.92. The van der Waals surface area contributed by atoms with Crippen molar-refractivity contribution < 1.29 is 5.11 Å². The number of likely N-dealkylation sites (N-methyl/N-ethyl adjacent to an activating group) is 1. The van der Waals surface area contributed by atoms with E-state index in [1.54, 1.807) is 0 Å². The van der Waals surface area contributed by atoms with Gasteiger partial charge in [0.15, 0.2) is 0 Å². The summed E-state index contributed by atoms with van der Waals surface area (Å²) >= 11 is 0. The van der Waals surface area contributed by atoms with E-state index in [1.807, 2.05) is 18.2 Å². The molecule has 22 heavy (non-hydrogen) atoms. The van der Waals surface area contributed by atoms with Gasteiger partial charge in [-0.05, 0) is 39.3 Å². The lowest BCUT2D eigenvalue weighted by Gasteiger charge is -2.38. The molecule has 0 aliphatic heterocycles. The maximum Gasteiger partial charge on any atom is 0.0821 e. The predicted molar refractivity (Wildman–Crippen MR) is 95.0 cm³/mol. The number of benzene rings is 1. The third-order valence-corrected chi connectivity index (χ3v) is 4.69. The Morgan fingerprint density at radius 1 is 1.18 bits per heavy atom.